The van der Waals surface area contributed by atoms with E-state index in [4.69, 9.17) is 0 Å². The normalized spacial score (nSPS) is 10.9. The number of benzene rings is 1. The van der Waals surface area contributed by atoms with Gasteiger partial charge in [-0.25, -0.2) is 9.37 Å². The van der Waals surface area contributed by atoms with Crippen LogP contribution >= 0.6 is 23.3 Å². The average molecular weight is 297 g/mol. The van der Waals surface area contributed by atoms with E-state index in [0.717, 1.165) is 22.4 Å². The molecule has 1 aromatic carbocycles. The summed E-state index contributed by atoms with van der Waals surface area (Å²) < 4.78 is 17.3. The van der Waals surface area contributed by atoms with Crippen molar-refractivity contribution in [1.82, 2.24) is 9.36 Å². The molecule has 0 saturated carbocycles. The number of nitrogens with zero attached hydrogens (tertiary/aromatic N) is 2. The third kappa shape index (κ3) is 4.80. The molecule has 0 bridgehead atoms. The summed E-state index contributed by atoms with van der Waals surface area (Å²) in [7, 11) is 0. The number of hydrogen-bond acceptors (Lipinski definition) is 5. The van der Waals surface area contributed by atoms with E-state index in [0.29, 0.717) is 11.7 Å². The van der Waals surface area contributed by atoms with Crippen LogP contribution in [-0.4, -0.2) is 15.9 Å². The highest BCUT2D eigenvalue weighted by Gasteiger charge is 2.05. The fourth-order valence-corrected chi connectivity index (χ4v) is 2.85. The Hall–Kier alpha value is -1.14. The van der Waals surface area contributed by atoms with Crippen LogP contribution in [0.3, 0.4) is 0 Å². The van der Waals surface area contributed by atoms with Gasteiger partial charge in [0.25, 0.3) is 0 Å². The van der Waals surface area contributed by atoms with Crippen molar-refractivity contribution in [3.05, 3.63) is 35.9 Å². The molecule has 1 aromatic heterocycles. The number of thioether (sulfide) groups is 1. The van der Waals surface area contributed by atoms with Gasteiger partial charge in [0.05, 0.1) is 5.75 Å². The number of anilines is 1. The Balaban J connectivity index is 1.86. The predicted octanol–water partition coefficient (Wildman–Crippen LogP) is 4.04. The first-order valence-electron chi connectivity index (χ1n) is 6.08. The van der Waals surface area contributed by atoms with Gasteiger partial charge in [-0.1, -0.05) is 19.9 Å². The van der Waals surface area contributed by atoms with Gasteiger partial charge < -0.3 is 5.32 Å². The molecule has 19 heavy (non-hydrogen) atoms. The van der Waals surface area contributed by atoms with Gasteiger partial charge in [-0.3, -0.25) is 0 Å². The van der Waals surface area contributed by atoms with Crippen LogP contribution in [0.25, 0.3) is 0 Å². The number of halogens is 1. The molecule has 0 radical (unpaired) electrons. The summed E-state index contributed by atoms with van der Waals surface area (Å²) in [6.45, 7) is 5.19. The third-order valence-electron chi connectivity index (χ3n) is 2.29. The van der Waals surface area contributed by atoms with E-state index in [2.05, 4.69) is 28.5 Å². The van der Waals surface area contributed by atoms with Gasteiger partial charge in [0.1, 0.15) is 5.82 Å². The minimum absolute atomic E-state index is 0.212. The summed E-state index contributed by atoms with van der Waals surface area (Å²) in [6.07, 6.45) is 0. The summed E-state index contributed by atoms with van der Waals surface area (Å²) in [5, 5.41) is 4.10. The smallest absolute Gasteiger partial charge is 0.202 e. The van der Waals surface area contributed by atoms with Crippen molar-refractivity contribution < 1.29 is 4.39 Å². The molecule has 0 spiro atoms. The molecule has 0 aliphatic rings. The van der Waals surface area contributed by atoms with E-state index in [-0.39, 0.29) is 5.82 Å². The van der Waals surface area contributed by atoms with Crippen LogP contribution in [0.15, 0.2) is 29.2 Å². The lowest BCUT2D eigenvalue weighted by Crippen LogP contribution is -2.07. The first-order valence-corrected chi connectivity index (χ1v) is 7.84. The standard InChI is InChI=1S/C13H16FN3S2/c1-9(2)7-15-13-16-12(17-19-13)8-18-11-5-3-4-10(14)6-11/h3-6,9H,7-8H2,1-2H3,(H,15,16,17). The second-order valence-corrected chi connectivity index (χ2v) is 6.34. The van der Waals surface area contributed by atoms with Crippen LogP contribution in [0.5, 0.6) is 0 Å². The van der Waals surface area contributed by atoms with Gasteiger partial charge in [-0.05, 0) is 24.1 Å². The fraction of sp³-hybridized carbons (Fsp3) is 0.385. The molecule has 0 unspecified atom stereocenters. The molecule has 0 atom stereocenters. The van der Waals surface area contributed by atoms with Gasteiger partial charge >= 0.3 is 0 Å². The van der Waals surface area contributed by atoms with Crippen LogP contribution < -0.4 is 5.32 Å². The summed E-state index contributed by atoms with van der Waals surface area (Å²) in [4.78, 5) is 5.30. The Labute approximate surface area is 120 Å². The minimum atomic E-state index is -0.212. The maximum atomic E-state index is 13.0. The van der Waals surface area contributed by atoms with Crippen LogP contribution in [0.1, 0.15) is 19.7 Å². The largest absolute Gasteiger partial charge is 0.360 e. The van der Waals surface area contributed by atoms with Crippen molar-refractivity contribution in [1.29, 1.82) is 0 Å². The molecule has 0 fully saturated rings. The maximum absolute atomic E-state index is 13.0. The van der Waals surface area contributed by atoms with Crippen molar-refractivity contribution in [2.45, 2.75) is 24.5 Å². The Bertz CT molecular complexity index is 528. The summed E-state index contributed by atoms with van der Waals surface area (Å²) in [6, 6.07) is 6.56. The lowest BCUT2D eigenvalue weighted by molar-refractivity contribution is 0.624. The van der Waals surface area contributed by atoms with Crippen LogP contribution in [-0.2, 0) is 5.75 Å². The molecule has 102 valence electrons. The second-order valence-electron chi connectivity index (χ2n) is 4.54. The Morgan fingerprint density at radius 1 is 1.42 bits per heavy atom. The summed E-state index contributed by atoms with van der Waals surface area (Å²) in [5.41, 5.74) is 0. The highest BCUT2D eigenvalue weighted by molar-refractivity contribution is 7.98. The predicted molar refractivity (Wildman–Crippen MR) is 79.2 cm³/mol. The zero-order valence-electron chi connectivity index (χ0n) is 10.9. The third-order valence-corrected chi connectivity index (χ3v) is 3.99. The number of hydrogen-bond donors (Lipinski definition) is 1. The molecular weight excluding hydrogens is 281 g/mol. The molecule has 3 nitrogen and oxygen atoms in total. The monoisotopic (exact) mass is 297 g/mol. The zero-order chi connectivity index (χ0) is 13.7. The van der Waals surface area contributed by atoms with E-state index in [1.165, 1.54) is 35.4 Å². The second kappa shape index (κ2) is 6.86. The number of rotatable bonds is 6. The van der Waals surface area contributed by atoms with Gasteiger partial charge in [0, 0.05) is 23.0 Å². The first kappa shape index (κ1) is 14.3. The van der Waals surface area contributed by atoms with Gasteiger partial charge in [0.2, 0.25) is 5.13 Å². The van der Waals surface area contributed by atoms with E-state index in [9.17, 15) is 4.39 Å². The topological polar surface area (TPSA) is 37.8 Å². The molecule has 2 rings (SSSR count). The minimum Gasteiger partial charge on any atom is -0.360 e. The first-order chi connectivity index (χ1) is 9.13. The highest BCUT2D eigenvalue weighted by Crippen LogP contribution is 2.23. The van der Waals surface area contributed by atoms with E-state index >= 15 is 0 Å². The molecule has 0 amide bonds. The maximum Gasteiger partial charge on any atom is 0.202 e. The quantitative estimate of drug-likeness (QED) is 0.817. The zero-order valence-corrected chi connectivity index (χ0v) is 12.5. The molecule has 1 heterocycles. The van der Waals surface area contributed by atoms with Gasteiger partial charge in [-0.2, -0.15) is 4.37 Å². The Morgan fingerprint density at radius 3 is 3.00 bits per heavy atom. The lowest BCUT2D eigenvalue weighted by Gasteiger charge is -2.03. The molecule has 0 aliphatic heterocycles. The van der Waals surface area contributed by atoms with Crippen LogP contribution in [0.2, 0.25) is 0 Å². The molecule has 1 N–H and O–H groups in total. The highest BCUT2D eigenvalue weighted by atomic mass is 32.2. The Kier molecular flexibility index (Phi) is 5.15. The van der Waals surface area contributed by atoms with Crippen LogP contribution in [0.4, 0.5) is 9.52 Å². The molecule has 0 aliphatic carbocycles. The molecule has 6 heteroatoms. The lowest BCUT2D eigenvalue weighted by atomic mass is 10.2. The Morgan fingerprint density at radius 2 is 2.26 bits per heavy atom. The average Bonchev–Trinajstić information content (AvgIpc) is 2.82. The molecular formula is C13H16FN3S2. The van der Waals surface area contributed by atoms with Crippen molar-refractivity contribution in [3.8, 4) is 0 Å². The SMILES string of the molecule is CC(C)CNc1nc(CSc2cccc(F)c2)ns1. The summed E-state index contributed by atoms with van der Waals surface area (Å²) >= 11 is 2.91. The fourth-order valence-electron chi connectivity index (χ4n) is 1.38. The van der Waals surface area contributed by atoms with Crippen LogP contribution in [0, 0.1) is 11.7 Å². The van der Waals surface area contributed by atoms with E-state index < -0.39 is 0 Å². The number of nitrogens with one attached hydrogen (secondary N) is 1. The van der Waals surface area contributed by atoms with Crippen molar-refractivity contribution >= 4 is 28.4 Å². The van der Waals surface area contributed by atoms with Gasteiger partial charge in [-0.15, -0.1) is 11.8 Å². The summed E-state index contributed by atoms with van der Waals surface area (Å²) in [5.74, 6) is 1.80. The molecule has 0 saturated heterocycles. The van der Waals surface area contributed by atoms with Crippen molar-refractivity contribution in [2.75, 3.05) is 11.9 Å². The number of aromatic nitrogens is 2. The van der Waals surface area contributed by atoms with E-state index in [1.54, 1.807) is 6.07 Å². The molecule has 2 aromatic rings. The van der Waals surface area contributed by atoms with Gasteiger partial charge in [0.15, 0.2) is 5.82 Å². The van der Waals surface area contributed by atoms with E-state index in [1.807, 2.05) is 6.07 Å². The van der Waals surface area contributed by atoms with Crippen molar-refractivity contribution in [3.63, 3.8) is 0 Å². The van der Waals surface area contributed by atoms with Crippen molar-refractivity contribution in [2.24, 2.45) is 5.92 Å².